The molecule has 6 nitrogen and oxygen atoms in total. The third-order valence-electron chi connectivity index (χ3n) is 2.40. The van der Waals surface area contributed by atoms with Crippen LogP contribution in [0.3, 0.4) is 0 Å². The van der Waals surface area contributed by atoms with Gasteiger partial charge in [0.15, 0.2) is 5.89 Å². The Bertz CT molecular complexity index is 688. The second kappa shape index (κ2) is 6.21. The summed E-state index contributed by atoms with van der Waals surface area (Å²) in [6, 6.07) is 7.48. The molecule has 1 aromatic heterocycles. The molecule has 0 aliphatic carbocycles. The van der Waals surface area contributed by atoms with Crippen molar-refractivity contribution in [2.24, 2.45) is 5.10 Å². The number of halogens is 1. The zero-order valence-electron chi connectivity index (χ0n) is 10.8. The van der Waals surface area contributed by atoms with Gasteiger partial charge in [-0.3, -0.25) is 0 Å². The van der Waals surface area contributed by atoms with Gasteiger partial charge in [0.1, 0.15) is 11.8 Å². The molecule has 0 unspecified atom stereocenters. The Labute approximate surface area is 124 Å². The first-order valence-corrected chi connectivity index (χ1v) is 6.43. The Hall–Kier alpha value is -2.33. The molecule has 0 aliphatic rings. The Kier molecular flexibility index (Phi) is 4.38. The molecule has 102 valence electrons. The predicted octanol–water partition coefficient (Wildman–Crippen LogP) is 3.07. The summed E-state index contributed by atoms with van der Waals surface area (Å²) in [6.45, 7) is 1.66. The summed E-state index contributed by atoms with van der Waals surface area (Å²) >= 11 is 3.38. The summed E-state index contributed by atoms with van der Waals surface area (Å²) in [4.78, 5) is 3.91. The maximum atomic E-state index is 8.88. The van der Waals surface area contributed by atoms with E-state index in [4.69, 9.17) is 14.4 Å². The van der Waals surface area contributed by atoms with E-state index in [2.05, 4.69) is 31.4 Å². The highest BCUT2D eigenvalue weighted by Crippen LogP contribution is 2.21. The number of nitrogens with one attached hydrogen (secondary N) is 1. The molecule has 0 radical (unpaired) electrons. The molecule has 0 aliphatic heterocycles. The minimum atomic E-state index is 0.167. The smallest absolute Gasteiger partial charge is 0.252 e. The third kappa shape index (κ3) is 3.16. The van der Waals surface area contributed by atoms with Crippen LogP contribution in [0, 0.1) is 18.3 Å². The van der Waals surface area contributed by atoms with E-state index < -0.39 is 0 Å². The molecule has 1 N–H and O–H groups in total. The van der Waals surface area contributed by atoms with Crippen LogP contribution < -0.4 is 10.2 Å². The molecule has 0 fully saturated rings. The van der Waals surface area contributed by atoms with Gasteiger partial charge in [-0.2, -0.15) is 10.4 Å². The number of methoxy groups -OCH3 is 1. The molecule has 0 saturated heterocycles. The monoisotopic (exact) mass is 334 g/mol. The molecule has 7 heteroatoms. The van der Waals surface area contributed by atoms with E-state index in [9.17, 15) is 0 Å². The van der Waals surface area contributed by atoms with Gasteiger partial charge >= 0.3 is 0 Å². The van der Waals surface area contributed by atoms with Crippen molar-refractivity contribution in [3.05, 3.63) is 39.8 Å². The molecule has 1 heterocycles. The fourth-order valence-electron chi connectivity index (χ4n) is 1.55. The number of aromatic nitrogens is 1. The highest BCUT2D eigenvalue weighted by atomic mass is 79.9. The van der Waals surface area contributed by atoms with Gasteiger partial charge < -0.3 is 9.15 Å². The summed E-state index contributed by atoms with van der Waals surface area (Å²) in [7, 11) is 1.58. The molecule has 0 saturated carbocycles. The van der Waals surface area contributed by atoms with Crippen molar-refractivity contribution in [2.45, 2.75) is 6.92 Å². The van der Waals surface area contributed by atoms with E-state index in [1.165, 1.54) is 0 Å². The number of hydrogen-bond donors (Lipinski definition) is 1. The lowest BCUT2D eigenvalue weighted by atomic mass is 10.2. The maximum Gasteiger partial charge on any atom is 0.252 e. The average Bonchev–Trinajstić information content (AvgIpc) is 2.79. The highest BCUT2D eigenvalue weighted by molar-refractivity contribution is 9.10. The van der Waals surface area contributed by atoms with Gasteiger partial charge in [-0.1, -0.05) is 15.9 Å². The fourth-order valence-corrected chi connectivity index (χ4v) is 1.92. The number of aryl methyl sites for hydroxylation is 1. The number of ether oxygens (including phenoxy) is 1. The van der Waals surface area contributed by atoms with Crippen molar-refractivity contribution in [3.63, 3.8) is 0 Å². The van der Waals surface area contributed by atoms with E-state index in [1.54, 1.807) is 20.2 Å². The molecule has 0 bridgehead atoms. The first-order valence-electron chi connectivity index (χ1n) is 5.64. The standard InChI is InChI=1S/C13H11BrN4O2/c1-8-17-11(6-15)13(20-8)18-16-7-9-5-10(14)3-4-12(9)19-2/h3-5,7,18H,1-2H3/b16-7+. The lowest BCUT2D eigenvalue weighted by Gasteiger charge is -2.04. The average molecular weight is 335 g/mol. The lowest BCUT2D eigenvalue weighted by molar-refractivity contribution is 0.414. The van der Waals surface area contributed by atoms with E-state index in [0.717, 1.165) is 10.0 Å². The van der Waals surface area contributed by atoms with Gasteiger partial charge in [0.25, 0.3) is 5.88 Å². The van der Waals surface area contributed by atoms with Crippen molar-refractivity contribution >= 4 is 28.0 Å². The summed E-state index contributed by atoms with van der Waals surface area (Å²) in [5, 5.41) is 12.9. The molecular formula is C13H11BrN4O2. The Morgan fingerprint density at radius 3 is 3.05 bits per heavy atom. The maximum absolute atomic E-state index is 8.88. The Morgan fingerprint density at radius 1 is 1.55 bits per heavy atom. The molecule has 0 atom stereocenters. The number of rotatable bonds is 4. The second-order valence-electron chi connectivity index (χ2n) is 3.78. The van der Waals surface area contributed by atoms with Gasteiger partial charge in [-0.15, -0.1) is 0 Å². The van der Waals surface area contributed by atoms with Crippen molar-refractivity contribution in [3.8, 4) is 11.8 Å². The molecular weight excluding hydrogens is 324 g/mol. The van der Waals surface area contributed by atoms with Crippen LogP contribution in [-0.4, -0.2) is 18.3 Å². The fraction of sp³-hybridized carbons (Fsp3) is 0.154. The van der Waals surface area contributed by atoms with Crippen molar-refractivity contribution in [1.29, 1.82) is 5.26 Å². The number of oxazole rings is 1. The normalized spacial score (nSPS) is 10.5. The SMILES string of the molecule is COc1ccc(Br)cc1/C=N/Nc1oc(C)nc1C#N. The number of nitriles is 1. The van der Waals surface area contributed by atoms with Crippen LogP contribution in [0.5, 0.6) is 5.75 Å². The number of hydrogen-bond acceptors (Lipinski definition) is 6. The number of anilines is 1. The molecule has 20 heavy (non-hydrogen) atoms. The van der Waals surface area contributed by atoms with Gasteiger partial charge in [0.2, 0.25) is 5.69 Å². The van der Waals surface area contributed by atoms with E-state index in [-0.39, 0.29) is 11.6 Å². The van der Waals surface area contributed by atoms with E-state index >= 15 is 0 Å². The third-order valence-corrected chi connectivity index (χ3v) is 2.89. The molecule has 2 rings (SSSR count). The predicted molar refractivity (Wildman–Crippen MR) is 77.9 cm³/mol. The van der Waals surface area contributed by atoms with Crippen LogP contribution in [-0.2, 0) is 0 Å². The zero-order chi connectivity index (χ0) is 14.5. The van der Waals surface area contributed by atoms with E-state index in [0.29, 0.717) is 11.6 Å². The zero-order valence-corrected chi connectivity index (χ0v) is 12.4. The van der Waals surface area contributed by atoms with Gasteiger partial charge in [-0.05, 0) is 18.2 Å². The Balaban J connectivity index is 2.18. The largest absolute Gasteiger partial charge is 0.496 e. The molecule has 0 spiro atoms. The topological polar surface area (TPSA) is 83.4 Å². The number of nitrogens with zero attached hydrogens (tertiary/aromatic N) is 3. The quantitative estimate of drug-likeness (QED) is 0.686. The Morgan fingerprint density at radius 2 is 2.35 bits per heavy atom. The van der Waals surface area contributed by atoms with Crippen LogP contribution in [0.4, 0.5) is 5.88 Å². The summed E-state index contributed by atoms with van der Waals surface area (Å²) in [6.07, 6.45) is 1.57. The first kappa shape index (κ1) is 14.1. The summed E-state index contributed by atoms with van der Waals surface area (Å²) in [5.74, 6) is 1.31. The lowest BCUT2D eigenvalue weighted by Crippen LogP contribution is -1.94. The summed E-state index contributed by atoms with van der Waals surface area (Å²) < 4.78 is 11.4. The van der Waals surface area contributed by atoms with E-state index in [1.807, 2.05) is 24.3 Å². The first-order chi connectivity index (χ1) is 9.63. The van der Waals surface area contributed by atoms with Gasteiger partial charge in [0.05, 0.1) is 13.3 Å². The van der Waals surface area contributed by atoms with Gasteiger partial charge in [-0.25, -0.2) is 10.4 Å². The highest BCUT2D eigenvalue weighted by Gasteiger charge is 2.09. The van der Waals surface area contributed by atoms with Crippen LogP contribution in [0.25, 0.3) is 0 Å². The summed E-state index contributed by atoms with van der Waals surface area (Å²) in [5.41, 5.74) is 3.60. The van der Waals surface area contributed by atoms with Crippen molar-refractivity contribution < 1.29 is 9.15 Å². The van der Waals surface area contributed by atoms with Crippen LogP contribution in [0.15, 0.2) is 32.2 Å². The van der Waals surface area contributed by atoms with Crippen LogP contribution >= 0.6 is 15.9 Å². The number of benzene rings is 1. The van der Waals surface area contributed by atoms with Gasteiger partial charge in [0, 0.05) is 17.0 Å². The second-order valence-corrected chi connectivity index (χ2v) is 4.69. The molecule has 0 amide bonds. The van der Waals surface area contributed by atoms with Crippen molar-refractivity contribution in [2.75, 3.05) is 12.5 Å². The minimum absolute atomic E-state index is 0.167. The molecule has 1 aromatic carbocycles. The van der Waals surface area contributed by atoms with Crippen LogP contribution in [0.2, 0.25) is 0 Å². The molecule has 2 aromatic rings. The van der Waals surface area contributed by atoms with Crippen molar-refractivity contribution in [1.82, 2.24) is 4.98 Å². The van der Waals surface area contributed by atoms with Crippen LogP contribution in [0.1, 0.15) is 17.1 Å². The number of hydrazone groups is 1. The minimum Gasteiger partial charge on any atom is -0.496 e.